The summed E-state index contributed by atoms with van der Waals surface area (Å²) in [7, 11) is 0. The predicted octanol–water partition coefficient (Wildman–Crippen LogP) is 1.53. The molecule has 0 bridgehead atoms. The summed E-state index contributed by atoms with van der Waals surface area (Å²) in [5, 5.41) is 0. The fourth-order valence-electron chi connectivity index (χ4n) is 4.35. The van der Waals surface area contributed by atoms with Crippen molar-refractivity contribution in [3.8, 4) is 5.82 Å². The summed E-state index contributed by atoms with van der Waals surface area (Å²) in [5.74, 6) is 1.13. The highest BCUT2D eigenvalue weighted by Crippen LogP contribution is 2.23. The van der Waals surface area contributed by atoms with Crippen LogP contribution >= 0.6 is 0 Å². The number of imide groups is 1. The summed E-state index contributed by atoms with van der Waals surface area (Å²) in [6, 6.07) is 8.58. The average Bonchev–Trinajstić information content (AvgIpc) is 3.30. The molecule has 0 atom stereocenters. The fourth-order valence-corrected chi connectivity index (χ4v) is 4.35. The maximum absolute atomic E-state index is 12.9. The lowest BCUT2D eigenvalue weighted by atomic mass is 10.1. The molecule has 3 aromatic rings. The molecule has 34 heavy (non-hydrogen) atoms. The third-order valence-electron chi connectivity index (χ3n) is 6.44. The first kappa shape index (κ1) is 21.7. The van der Waals surface area contributed by atoms with Gasteiger partial charge in [0.25, 0.3) is 11.8 Å². The van der Waals surface area contributed by atoms with E-state index in [0.717, 1.165) is 27.9 Å². The first-order valence-corrected chi connectivity index (χ1v) is 11.2. The second-order valence-electron chi connectivity index (χ2n) is 8.53. The van der Waals surface area contributed by atoms with Gasteiger partial charge in [-0.2, -0.15) is 0 Å². The molecule has 10 heteroatoms. The molecule has 0 aliphatic carbocycles. The largest absolute Gasteiger partial charge is 0.353 e. The number of carbonyl (C=O) groups is 3. The van der Waals surface area contributed by atoms with Crippen molar-refractivity contribution in [1.29, 1.82) is 0 Å². The number of rotatable bonds is 4. The zero-order valence-corrected chi connectivity index (χ0v) is 19.4. The lowest BCUT2D eigenvalue weighted by Crippen LogP contribution is -2.52. The predicted molar refractivity (Wildman–Crippen MR) is 124 cm³/mol. The van der Waals surface area contributed by atoms with Crippen LogP contribution in [0.5, 0.6) is 0 Å². The lowest BCUT2D eigenvalue weighted by molar-refractivity contribution is -0.131. The maximum Gasteiger partial charge on any atom is 0.262 e. The minimum atomic E-state index is -0.415. The standard InChI is InChI=1S/C24H25N7O3/c1-15-16(2)31(14-25-15)21-12-20(26-17(3)27-21)28-8-10-29(11-9-28)22(32)13-30-23(33)18-6-4-5-7-19(18)24(30)34/h4-7,12,14H,8-11,13H2,1-3H3. The molecule has 1 saturated heterocycles. The topological polar surface area (TPSA) is 105 Å². The Hall–Kier alpha value is -4.08. The molecule has 10 nitrogen and oxygen atoms in total. The number of hydrogen-bond donors (Lipinski definition) is 0. The van der Waals surface area contributed by atoms with Crippen molar-refractivity contribution in [3.05, 3.63) is 65.0 Å². The number of benzene rings is 1. The smallest absolute Gasteiger partial charge is 0.262 e. The van der Waals surface area contributed by atoms with Crippen LogP contribution in [0.4, 0.5) is 5.82 Å². The molecule has 1 aromatic carbocycles. The number of nitrogens with zero attached hydrogens (tertiary/aromatic N) is 7. The number of piperazine rings is 1. The molecule has 1 fully saturated rings. The van der Waals surface area contributed by atoms with Gasteiger partial charge in [0.05, 0.1) is 16.8 Å². The summed E-state index contributed by atoms with van der Waals surface area (Å²) in [4.78, 5) is 56.4. The molecule has 3 amide bonds. The van der Waals surface area contributed by atoms with Gasteiger partial charge in [-0.1, -0.05) is 12.1 Å². The molecule has 2 aliphatic rings. The Balaban J connectivity index is 1.25. The average molecular weight is 460 g/mol. The Morgan fingerprint density at radius 2 is 1.53 bits per heavy atom. The Morgan fingerprint density at radius 3 is 2.12 bits per heavy atom. The van der Waals surface area contributed by atoms with Crippen LogP contribution in [0.1, 0.15) is 37.9 Å². The highest BCUT2D eigenvalue weighted by molar-refractivity contribution is 6.22. The molecule has 0 unspecified atom stereocenters. The van der Waals surface area contributed by atoms with E-state index in [4.69, 9.17) is 0 Å². The monoisotopic (exact) mass is 459 g/mol. The van der Waals surface area contributed by atoms with E-state index in [9.17, 15) is 14.4 Å². The van der Waals surface area contributed by atoms with Gasteiger partial charge in [-0.15, -0.1) is 0 Å². The molecule has 0 spiro atoms. The van der Waals surface area contributed by atoms with Crippen molar-refractivity contribution in [2.45, 2.75) is 20.8 Å². The Bertz CT molecular complexity index is 1270. The van der Waals surface area contributed by atoms with Gasteiger partial charge in [0.15, 0.2) is 0 Å². The van der Waals surface area contributed by atoms with Gasteiger partial charge in [-0.05, 0) is 32.9 Å². The summed E-state index contributed by atoms with van der Waals surface area (Å²) in [5.41, 5.74) is 2.67. The van der Waals surface area contributed by atoms with Gasteiger partial charge >= 0.3 is 0 Å². The summed E-state index contributed by atoms with van der Waals surface area (Å²) >= 11 is 0. The number of aryl methyl sites for hydroxylation is 2. The number of anilines is 1. The van der Waals surface area contributed by atoms with Crippen LogP contribution < -0.4 is 4.90 Å². The van der Waals surface area contributed by atoms with Gasteiger partial charge in [0.1, 0.15) is 30.3 Å². The van der Waals surface area contributed by atoms with E-state index in [2.05, 4.69) is 19.9 Å². The van der Waals surface area contributed by atoms with Gasteiger partial charge in [-0.3, -0.25) is 23.9 Å². The van der Waals surface area contributed by atoms with Crippen molar-refractivity contribution < 1.29 is 14.4 Å². The Kier molecular flexibility index (Phi) is 5.35. The van der Waals surface area contributed by atoms with E-state index in [-0.39, 0.29) is 12.5 Å². The third kappa shape index (κ3) is 3.70. The first-order chi connectivity index (χ1) is 16.3. The van der Waals surface area contributed by atoms with Crippen LogP contribution in [0.25, 0.3) is 5.82 Å². The number of aromatic nitrogens is 4. The zero-order valence-electron chi connectivity index (χ0n) is 19.4. The number of carbonyl (C=O) groups excluding carboxylic acids is 3. The molecule has 0 saturated carbocycles. The SMILES string of the molecule is Cc1nc(N2CCN(C(=O)CN3C(=O)c4ccccc4C3=O)CC2)cc(-n2cnc(C)c2C)n1. The Labute approximate surface area is 196 Å². The van der Waals surface area contributed by atoms with Crippen molar-refractivity contribution >= 4 is 23.5 Å². The number of hydrogen-bond acceptors (Lipinski definition) is 7. The molecule has 2 aliphatic heterocycles. The van der Waals surface area contributed by atoms with Crippen molar-refractivity contribution in [2.75, 3.05) is 37.6 Å². The van der Waals surface area contributed by atoms with E-state index < -0.39 is 11.8 Å². The quantitative estimate of drug-likeness (QED) is 0.545. The highest BCUT2D eigenvalue weighted by Gasteiger charge is 2.37. The minimum Gasteiger partial charge on any atom is -0.353 e. The molecule has 4 heterocycles. The van der Waals surface area contributed by atoms with Gasteiger partial charge < -0.3 is 9.80 Å². The normalized spacial score (nSPS) is 15.8. The third-order valence-corrected chi connectivity index (χ3v) is 6.44. The number of imidazole rings is 1. The second kappa shape index (κ2) is 8.36. The fraction of sp³-hybridized carbons (Fsp3) is 0.333. The van der Waals surface area contributed by atoms with Crippen LogP contribution in [-0.4, -0.2) is 79.8 Å². The summed E-state index contributed by atoms with van der Waals surface area (Å²) in [6.45, 7) is 7.69. The van der Waals surface area contributed by atoms with E-state index >= 15 is 0 Å². The molecule has 5 rings (SSSR count). The highest BCUT2D eigenvalue weighted by atomic mass is 16.2. The minimum absolute atomic E-state index is 0.238. The Morgan fingerprint density at radius 1 is 0.912 bits per heavy atom. The van der Waals surface area contributed by atoms with Gasteiger partial charge in [0, 0.05) is 37.9 Å². The number of amides is 3. The van der Waals surface area contributed by atoms with Gasteiger partial charge in [0.2, 0.25) is 5.91 Å². The van der Waals surface area contributed by atoms with Gasteiger partial charge in [-0.25, -0.2) is 15.0 Å². The molecular formula is C24H25N7O3. The molecular weight excluding hydrogens is 434 g/mol. The molecule has 2 aromatic heterocycles. The molecule has 0 N–H and O–H groups in total. The van der Waals surface area contributed by atoms with Crippen LogP contribution in [0, 0.1) is 20.8 Å². The van der Waals surface area contributed by atoms with E-state index in [0.29, 0.717) is 43.1 Å². The zero-order chi connectivity index (χ0) is 24.0. The summed E-state index contributed by atoms with van der Waals surface area (Å²) < 4.78 is 1.94. The number of fused-ring (bicyclic) bond motifs is 1. The van der Waals surface area contributed by atoms with Crippen molar-refractivity contribution in [3.63, 3.8) is 0 Å². The first-order valence-electron chi connectivity index (χ1n) is 11.2. The van der Waals surface area contributed by atoms with E-state index in [1.165, 1.54) is 0 Å². The summed E-state index contributed by atoms with van der Waals surface area (Å²) in [6.07, 6.45) is 1.76. The lowest BCUT2D eigenvalue weighted by Gasteiger charge is -2.36. The van der Waals surface area contributed by atoms with Crippen LogP contribution in [0.3, 0.4) is 0 Å². The van der Waals surface area contributed by atoms with E-state index in [1.54, 1.807) is 35.5 Å². The molecule has 0 radical (unpaired) electrons. The van der Waals surface area contributed by atoms with Crippen molar-refractivity contribution in [1.82, 2.24) is 29.3 Å². The van der Waals surface area contributed by atoms with E-state index in [1.807, 2.05) is 31.4 Å². The second-order valence-corrected chi connectivity index (χ2v) is 8.53. The maximum atomic E-state index is 12.9. The van der Waals surface area contributed by atoms with Crippen LogP contribution in [0.15, 0.2) is 36.7 Å². The van der Waals surface area contributed by atoms with Crippen LogP contribution in [0.2, 0.25) is 0 Å². The van der Waals surface area contributed by atoms with Crippen molar-refractivity contribution in [2.24, 2.45) is 0 Å². The van der Waals surface area contributed by atoms with Crippen LogP contribution in [-0.2, 0) is 4.79 Å². The molecule has 174 valence electrons.